The maximum atomic E-state index is 12.2. The molecule has 3 rings (SSSR count). The Morgan fingerprint density at radius 3 is 2.41 bits per heavy atom. The van der Waals surface area contributed by atoms with Crippen molar-refractivity contribution >= 4 is 22.9 Å². The zero-order chi connectivity index (χ0) is 20.6. The molecule has 0 radical (unpaired) electrons. The number of aromatic nitrogens is 3. The largest absolute Gasteiger partial charge is 0.452 e. The number of rotatable bonds is 9. The summed E-state index contributed by atoms with van der Waals surface area (Å²) in [6.45, 7) is 8.17. The molecule has 2 aromatic carbocycles. The second kappa shape index (κ2) is 9.45. The topological polar surface area (TPSA) is 77.3 Å². The first-order chi connectivity index (χ1) is 14.1. The highest BCUT2D eigenvalue weighted by Crippen LogP contribution is 2.13. The van der Waals surface area contributed by atoms with Crippen LogP contribution in [0.2, 0.25) is 0 Å². The quantitative estimate of drug-likeness (QED) is 0.415. The van der Waals surface area contributed by atoms with E-state index >= 15 is 0 Å². The smallest absolute Gasteiger partial charge is 0.338 e. The third-order valence-corrected chi connectivity index (χ3v) is 4.32. The Bertz CT molecular complexity index is 1010. The van der Waals surface area contributed by atoms with E-state index in [0.29, 0.717) is 25.2 Å². The van der Waals surface area contributed by atoms with E-state index in [2.05, 4.69) is 23.5 Å². The molecule has 7 heteroatoms. The molecule has 148 valence electrons. The van der Waals surface area contributed by atoms with Gasteiger partial charge in [0.15, 0.2) is 6.61 Å². The van der Waals surface area contributed by atoms with Crippen LogP contribution in [0.5, 0.6) is 0 Å². The maximum absolute atomic E-state index is 12.2. The molecule has 0 aliphatic rings. The van der Waals surface area contributed by atoms with E-state index in [-0.39, 0.29) is 12.5 Å². The number of para-hydroxylation sites is 1. The molecule has 0 saturated heterocycles. The van der Waals surface area contributed by atoms with E-state index in [9.17, 15) is 9.59 Å². The average Bonchev–Trinajstić information content (AvgIpc) is 3.15. The van der Waals surface area contributed by atoms with Gasteiger partial charge in [-0.1, -0.05) is 41.6 Å². The molecule has 0 N–H and O–H groups in total. The summed E-state index contributed by atoms with van der Waals surface area (Å²) in [5.41, 5.74) is 3.12. The lowest BCUT2D eigenvalue weighted by molar-refractivity contribution is -0.133. The number of nitrogens with zero attached hydrogens (tertiary/aromatic N) is 4. The average molecular weight is 390 g/mol. The molecular weight excluding hydrogens is 368 g/mol. The standard InChI is InChI=1S/C22H22N4O3/c1-3-13-25(14-4-2)21(27)16-29-22(28)18-11-9-17(10-12-18)15-26-20-8-6-5-7-19(20)23-24-26/h3-12H,1-2,13-16H2. The van der Waals surface area contributed by atoms with E-state index in [4.69, 9.17) is 4.74 Å². The van der Waals surface area contributed by atoms with E-state index in [0.717, 1.165) is 16.6 Å². The summed E-state index contributed by atoms with van der Waals surface area (Å²) in [5, 5.41) is 8.30. The summed E-state index contributed by atoms with van der Waals surface area (Å²) in [7, 11) is 0. The van der Waals surface area contributed by atoms with E-state index in [1.165, 1.54) is 4.90 Å². The van der Waals surface area contributed by atoms with Crippen LogP contribution in [-0.2, 0) is 16.1 Å². The molecule has 1 amide bonds. The summed E-state index contributed by atoms with van der Waals surface area (Å²) in [6.07, 6.45) is 3.22. The molecule has 0 aliphatic heterocycles. The van der Waals surface area contributed by atoms with Crippen LogP contribution in [0.15, 0.2) is 73.8 Å². The summed E-state index contributed by atoms with van der Waals surface area (Å²) >= 11 is 0. The van der Waals surface area contributed by atoms with Crippen molar-refractivity contribution in [3.05, 3.63) is 85.0 Å². The molecule has 0 unspecified atom stereocenters. The Kier molecular flexibility index (Phi) is 6.52. The van der Waals surface area contributed by atoms with Crippen molar-refractivity contribution in [2.45, 2.75) is 6.54 Å². The molecule has 29 heavy (non-hydrogen) atoms. The molecule has 0 atom stereocenters. The predicted molar refractivity (Wildman–Crippen MR) is 110 cm³/mol. The Morgan fingerprint density at radius 2 is 1.72 bits per heavy atom. The number of fused-ring (bicyclic) bond motifs is 1. The SMILES string of the molecule is C=CCN(CC=C)C(=O)COC(=O)c1ccc(Cn2nnc3ccccc32)cc1. The molecule has 7 nitrogen and oxygen atoms in total. The van der Waals surface area contributed by atoms with Gasteiger partial charge in [-0.3, -0.25) is 4.79 Å². The van der Waals surface area contributed by atoms with Crippen molar-refractivity contribution in [3.63, 3.8) is 0 Å². The van der Waals surface area contributed by atoms with Gasteiger partial charge < -0.3 is 9.64 Å². The first kappa shape index (κ1) is 20.0. The summed E-state index contributed by atoms with van der Waals surface area (Å²) in [4.78, 5) is 25.9. The molecule has 0 aliphatic carbocycles. The summed E-state index contributed by atoms with van der Waals surface area (Å²) in [6, 6.07) is 14.7. The van der Waals surface area contributed by atoms with Gasteiger partial charge in [0.25, 0.3) is 5.91 Å². The van der Waals surface area contributed by atoms with E-state index in [1.54, 1.807) is 29.0 Å². The second-order valence-electron chi connectivity index (χ2n) is 6.38. The molecule has 0 saturated carbocycles. The number of hydrogen-bond acceptors (Lipinski definition) is 5. The normalized spacial score (nSPS) is 10.5. The molecular formula is C22H22N4O3. The number of hydrogen-bond donors (Lipinski definition) is 0. The minimum Gasteiger partial charge on any atom is -0.452 e. The Morgan fingerprint density at radius 1 is 1.03 bits per heavy atom. The lowest BCUT2D eigenvalue weighted by Crippen LogP contribution is -2.35. The first-order valence-electron chi connectivity index (χ1n) is 9.16. The van der Waals surface area contributed by atoms with Gasteiger partial charge in [-0.05, 0) is 29.8 Å². The lowest BCUT2D eigenvalue weighted by atomic mass is 10.1. The van der Waals surface area contributed by atoms with Gasteiger partial charge in [0, 0.05) is 13.1 Å². The third-order valence-electron chi connectivity index (χ3n) is 4.32. The third kappa shape index (κ3) is 4.95. The van der Waals surface area contributed by atoms with Gasteiger partial charge in [0.2, 0.25) is 0 Å². The highest BCUT2D eigenvalue weighted by atomic mass is 16.5. The van der Waals surface area contributed by atoms with E-state index in [1.807, 2.05) is 36.4 Å². The van der Waals surface area contributed by atoms with Crippen LogP contribution in [0.4, 0.5) is 0 Å². The van der Waals surface area contributed by atoms with Crippen LogP contribution >= 0.6 is 0 Å². The van der Waals surface area contributed by atoms with Crippen molar-refractivity contribution < 1.29 is 14.3 Å². The van der Waals surface area contributed by atoms with Crippen molar-refractivity contribution in [1.29, 1.82) is 0 Å². The van der Waals surface area contributed by atoms with Crippen molar-refractivity contribution in [1.82, 2.24) is 19.9 Å². The van der Waals surface area contributed by atoms with Crippen LogP contribution in [0, 0.1) is 0 Å². The first-order valence-corrected chi connectivity index (χ1v) is 9.16. The van der Waals surface area contributed by atoms with Gasteiger partial charge in [0.1, 0.15) is 5.52 Å². The Hall–Kier alpha value is -3.74. The van der Waals surface area contributed by atoms with Crippen molar-refractivity contribution in [2.24, 2.45) is 0 Å². The van der Waals surface area contributed by atoms with Crippen LogP contribution < -0.4 is 0 Å². The van der Waals surface area contributed by atoms with Crippen LogP contribution in [-0.4, -0.2) is 51.5 Å². The molecule has 0 fully saturated rings. The zero-order valence-electron chi connectivity index (χ0n) is 16.0. The molecule has 0 spiro atoms. The van der Waals surface area contributed by atoms with Crippen LogP contribution in [0.1, 0.15) is 15.9 Å². The minimum atomic E-state index is -0.548. The minimum absolute atomic E-state index is 0.298. The Balaban J connectivity index is 1.59. The number of benzene rings is 2. The highest BCUT2D eigenvalue weighted by molar-refractivity contribution is 5.91. The van der Waals surface area contributed by atoms with Crippen LogP contribution in [0.25, 0.3) is 11.0 Å². The number of carbonyl (C=O) groups excluding carboxylic acids is 2. The maximum Gasteiger partial charge on any atom is 0.338 e. The van der Waals surface area contributed by atoms with Gasteiger partial charge in [0.05, 0.1) is 17.6 Å². The van der Waals surface area contributed by atoms with Crippen molar-refractivity contribution in [2.75, 3.05) is 19.7 Å². The molecule has 0 bridgehead atoms. The Labute approximate surface area is 168 Å². The van der Waals surface area contributed by atoms with E-state index < -0.39 is 5.97 Å². The van der Waals surface area contributed by atoms with Crippen LogP contribution in [0.3, 0.4) is 0 Å². The van der Waals surface area contributed by atoms with Gasteiger partial charge in [-0.2, -0.15) is 0 Å². The monoisotopic (exact) mass is 390 g/mol. The summed E-state index contributed by atoms with van der Waals surface area (Å²) in [5.74, 6) is -0.846. The molecule has 1 heterocycles. The number of amides is 1. The van der Waals surface area contributed by atoms with Gasteiger partial charge in [-0.25, -0.2) is 9.48 Å². The summed E-state index contributed by atoms with van der Waals surface area (Å²) < 4.78 is 6.94. The fourth-order valence-electron chi connectivity index (χ4n) is 2.85. The second-order valence-corrected chi connectivity index (χ2v) is 6.38. The van der Waals surface area contributed by atoms with Gasteiger partial charge >= 0.3 is 5.97 Å². The zero-order valence-corrected chi connectivity index (χ0v) is 16.0. The molecule has 1 aromatic heterocycles. The highest BCUT2D eigenvalue weighted by Gasteiger charge is 2.15. The molecule has 3 aromatic rings. The van der Waals surface area contributed by atoms with Gasteiger partial charge in [-0.15, -0.1) is 18.3 Å². The fourth-order valence-corrected chi connectivity index (χ4v) is 2.85. The number of esters is 1. The number of carbonyl (C=O) groups is 2. The number of ether oxygens (including phenoxy) is 1. The lowest BCUT2D eigenvalue weighted by Gasteiger charge is -2.18. The fraction of sp³-hybridized carbons (Fsp3) is 0.182. The predicted octanol–water partition coefficient (Wildman–Crippen LogP) is 2.84. The van der Waals surface area contributed by atoms with Crippen molar-refractivity contribution in [3.8, 4) is 0 Å².